The Hall–Kier alpha value is -1.46. The van der Waals surface area contributed by atoms with Crippen LogP contribution in [0.15, 0.2) is 24.3 Å². The summed E-state index contributed by atoms with van der Waals surface area (Å²) < 4.78 is 18.2. The molecule has 0 aliphatic carbocycles. The molecule has 0 heterocycles. The molecule has 0 spiro atoms. The van der Waals surface area contributed by atoms with E-state index in [1.807, 2.05) is 0 Å². The van der Waals surface area contributed by atoms with Crippen molar-refractivity contribution in [1.82, 2.24) is 0 Å². The third kappa shape index (κ3) is 3.52. The Kier molecular flexibility index (Phi) is 5.92. The maximum atomic E-state index is 13.4. The van der Waals surface area contributed by atoms with Crippen LogP contribution in [0.2, 0.25) is 0 Å². The van der Waals surface area contributed by atoms with Crippen LogP contribution >= 0.6 is 0 Å². The Morgan fingerprint density at radius 3 is 2.74 bits per heavy atom. The number of aliphatic hydroxyl groups is 1. The molecule has 0 aliphatic rings. The van der Waals surface area contributed by atoms with Crippen LogP contribution in [0.3, 0.4) is 0 Å². The molecule has 4 nitrogen and oxygen atoms in total. The van der Waals surface area contributed by atoms with Crippen molar-refractivity contribution in [3.63, 3.8) is 0 Å². The van der Waals surface area contributed by atoms with Gasteiger partial charge in [0.05, 0.1) is 7.11 Å². The van der Waals surface area contributed by atoms with Crippen LogP contribution < -0.4 is 5.73 Å². The van der Waals surface area contributed by atoms with Gasteiger partial charge < -0.3 is 15.6 Å². The molecule has 5 heteroatoms. The SMILES string of the molecule is COC(=O)C(CN)(CCCCO)c1cccc(F)c1. The minimum absolute atomic E-state index is 0.0363. The average molecular weight is 269 g/mol. The lowest BCUT2D eigenvalue weighted by atomic mass is 9.76. The molecule has 0 fully saturated rings. The van der Waals surface area contributed by atoms with Gasteiger partial charge in [0.15, 0.2) is 0 Å². The normalized spacial score (nSPS) is 13.9. The van der Waals surface area contributed by atoms with Crippen molar-refractivity contribution in [1.29, 1.82) is 0 Å². The van der Waals surface area contributed by atoms with Gasteiger partial charge in [-0.05, 0) is 37.0 Å². The number of aliphatic hydroxyl groups excluding tert-OH is 1. The molecule has 1 aromatic carbocycles. The zero-order chi connectivity index (χ0) is 14.3. The van der Waals surface area contributed by atoms with E-state index in [0.29, 0.717) is 24.8 Å². The smallest absolute Gasteiger partial charge is 0.317 e. The summed E-state index contributed by atoms with van der Waals surface area (Å²) in [7, 11) is 1.29. The number of esters is 1. The predicted molar refractivity (Wildman–Crippen MR) is 70.1 cm³/mol. The number of rotatable bonds is 7. The van der Waals surface area contributed by atoms with Crippen molar-refractivity contribution in [2.75, 3.05) is 20.3 Å². The molecule has 0 amide bonds. The van der Waals surface area contributed by atoms with Crippen molar-refractivity contribution in [3.05, 3.63) is 35.6 Å². The van der Waals surface area contributed by atoms with Crippen LogP contribution in [0.25, 0.3) is 0 Å². The number of ether oxygens (including phenoxy) is 1. The summed E-state index contributed by atoms with van der Waals surface area (Å²) in [6.07, 6.45) is 1.59. The molecule has 0 bridgehead atoms. The van der Waals surface area contributed by atoms with Gasteiger partial charge in [0.1, 0.15) is 11.2 Å². The quantitative estimate of drug-likeness (QED) is 0.579. The highest BCUT2D eigenvalue weighted by molar-refractivity contribution is 5.83. The summed E-state index contributed by atoms with van der Waals surface area (Å²) in [5.74, 6) is -0.889. The van der Waals surface area contributed by atoms with Crippen molar-refractivity contribution < 1.29 is 19.0 Å². The fraction of sp³-hybridized carbons (Fsp3) is 0.500. The van der Waals surface area contributed by atoms with Gasteiger partial charge >= 0.3 is 5.97 Å². The molecule has 0 saturated heterocycles. The third-order valence-electron chi connectivity index (χ3n) is 3.31. The second-order valence-electron chi connectivity index (χ2n) is 4.47. The van der Waals surface area contributed by atoms with Crippen LogP contribution in [0.5, 0.6) is 0 Å². The largest absolute Gasteiger partial charge is 0.468 e. The van der Waals surface area contributed by atoms with E-state index in [1.54, 1.807) is 12.1 Å². The van der Waals surface area contributed by atoms with E-state index < -0.39 is 17.2 Å². The first-order valence-electron chi connectivity index (χ1n) is 6.26. The maximum Gasteiger partial charge on any atom is 0.317 e. The molecule has 106 valence electrons. The molecular weight excluding hydrogens is 249 g/mol. The first-order chi connectivity index (χ1) is 9.10. The van der Waals surface area contributed by atoms with Crippen molar-refractivity contribution in [3.8, 4) is 0 Å². The van der Waals surface area contributed by atoms with Gasteiger partial charge in [-0.15, -0.1) is 0 Å². The van der Waals surface area contributed by atoms with Gasteiger partial charge in [-0.25, -0.2) is 4.39 Å². The molecule has 0 aliphatic heterocycles. The monoisotopic (exact) mass is 269 g/mol. The lowest BCUT2D eigenvalue weighted by Crippen LogP contribution is -2.44. The Morgan fingerprint density at radius 2 is 2.21 bits per heavy atom. The molecule has 1 rings (SSSR count). The van der Waals surface area contributed by atoms with E-state index in [4.69, 9.17) is 15.6 Å². The van der Waals surface area contributed by atoms with Crippen LogP contribution in [0.4, 0.5) is 4.39 Å². The summed E-state index contributed by atoms with van der Waals surface area (Å²) in [6, 6.07) is 5.84. The predicted octanol–water partition coefficient (Wildman–Crippen LogP) is 1.36. The van der Waals surface area contributed by atoms with Gasteiger partial charge in [0.25, 0.3) is 0 Å². The molecule has 19 heavy (non-hydrogen) atoms. The minimum Gasteiger partial charge on any atom is -0.468 e. The topological polar surface area (TPSA) is 72.5 Å². The number of unbranched alkanes of at least 4 members (excludes halogenated alkanes) is 1. The minimum atomic E-state index is -1.05. The fourth-order valence-electron chi connectivity index (χ4n) is 2.19. The van der Waals surface area contributed by atoms with E-state index in [0.717, 1.165) is 0 Å². The number of halogens is 1. The highest BCUT2D eigenvalue weighted by atomic mass is 19.1. The summed E-state index contributed by atoms with van der Waals surface area (Å²) in [6.45, 7) is 0.0829. The third-order valence-corrected chi connectivity index (χ3v) is 3.31. The zero-order valence-corrected chi connectivity index (χ0v) is 11.1. The van der Waals surface area contributed by atoms with Gasteiger partial charge in [-0.1, -0.05) is 12.1 Å². The first-order valence-corrected chi connectivity index (χ1v) is 6.26. The molecule has 1 atom stereocenters. The number of hydrogen-bond acceptors (Lipinski definition) is 4. The number of carbonyl (C=O) groups is 1. The number of methoxy groups -OCH3 is 1. The van der Waals surface area contributed by atoms with Crippen LogP contribution in [0, 0.1) is 5.82 Å². The first kappa shape index (κ1) is 15.6. The number of benzene rings is 1. The molecule has 0 aromatic heterocycles. The van der Waals surface area contributed by atoms with Crippen LogP contribution in [-0.4, -0.2) is 31.3 Å². The number of carbonyl (C=O) groups excluding carboxylic acids is 1. The lowest BCUT2D eigenvalue weighted by Gasteiger charge is -2.30. The average Bonchev–Trinajstić information content (AvgIpc) is 2.43. The van der Waals surface area contributed by atoms with E-state index in [1.165, 1.54) is 19.2 Å². The molecule has 0 radical (unpaired) electrons. The highest BCUT2D eigenvalue weighted by Crippen LogP contribution is 2.31. The summed E-state index contributed by atoms with van der Waals surface area (Å²) in [5.41, 5.74) is 5.23. The standard InChI is InChI=1S/C14H20FNO3/c1-19-13(18)14(10-16,7-2-3-8-17)11-5-4-6-12(15)9-11/h4-6,9,17H,2-3,7-8,10,16H2,1H3. The van der Waals surface area contributed by atoms with E-state index in [-0.39, 0.29) is 13.2 Å². The highest BCUT2D eigenvalue weighted by Gasteiger charge is 2.39. The van der Waals surface area contributed by atoms with Gasteiger partial charge in [0.2, 0.25) is 0 Å². The van der Waals surface area contributed by atoms with Crippen LogP contribution in [0.1, 0.15) is 24.8 Å². The van der Waals surface area contributed by atoms with Crippen molar-refractivity contribution in [2.45, 2.75) is 24.7 Å². The van der Waals surface area contributed by atoms with Gasteiger partial charge in [-0.3, -0.25) is 4.79 Å². The Morgan fingerprint density at radius 1 is 1.47 bits per heavy atom. The Bertz CT molecular complexity index is 425. The van der Waals surface area contributed by atoms with Crippen molar-refractivity contribution >= 4 is 5.97 Å². The van der Waals surface area contributed by atoms with Gasteiger partial charge in [-0.2, -0.15) is 0 Å². The summed E-state index contributed by atoms with van der Waals surface area (Å²) in [4.78, 5) is 12.1. The lowest BCUT2D eigenvalue weighted by molar-refractivity contribution is -0.147. The summed E-state index contributed by atoms with van der Waals surface area (Å²) >= 11 is 0. The molecule has 3 N–H and O–H groups in total. The van der Waals surface area contributed by atoms with Gasteiger partial charge in [0, 0.05) is 13.2 Å². The summed E-state index contributed by atoms with van der Waals surface area (Å²) in [5, 5.41) is 8.84. The Labute approximate surface area is 112 Å². The molecule has 1 aromatic rings. The fourth-order valence-corrected chi connectivity index (χ4v) is 2.19. The van der Waals surface area contributed by atoms with Crippen molar-refractivity contribution in [2.24, 2.45) is 5.73 Å². The number of hydrogen-bond donors (Lipinski definition) is 2. The molecule has 0 saturated carbocycles. The zero-order valence-electron chi connectivity index (χ0n) is 11.1. The van der Waals surface area contributed by atoms with E-state index in [2.05, 4.69) is 0 Å². The second kappa shape index (κ2) is 7.21. The second-order valence-corrected chi connectivity index (χ2v) is 4.47. The molecular formula is C14H20FNO3. The maximum absolute atomic E-state index is 13.4. The van der Waals surface area contributed by atoms with Crippen LogP contribution in [-0.2, 0) is 14.9 Å². The number of nitrogens with two attached hydrogens (primary N) is 1. The van der Waals surface area contributed by atoms with E-state index in [9.17, 15) is 9.18 Å². The molecule has 1 unspecified atom stereocenters. The van der Waals surface area contributed by atoms with E-state index >= 15 is 0 Å². The Balaban J connectivity index is 3.12.